The Morgan fingerprint density at radius 1 is 1.16 bits per heavy atom. The van der Waals surface area contributed by atoms with E-state index in [0.717, 1.165) is 15.6 Å². The highest BCUT2D eigenvalue weighted by molar-refractivity contribution is 9.10. The molecular weight excluding hydrogens is 404 g/mol. The standard InChI is InChI=1S/C18H17BrN2O3S/c1-13-11-16(7-8-17(13)19)25(22,23)20-10-9-15-12-24-18(21-15)14-5-3-2-4-6-14/h2-8,11-12,20H,9-10H2,1H3. The number of aromatic nitrogens is 1. The van der Waals surface area contributed by atoms with Crippen molar-refractivity contribution in [2.75, 3.05) is 6.54 Å². The highest BCUT2D eigenvalue weighted by Crippen LogP contribution is 2.20. The van der Waals surface area contributed by atoms with Crippen LogP contribution < -0.4 is 4.72 Å². The van der Waals surface area contributed by atoms with Crippen molar-refractivity contribution in [2.24, 2.45) is 0 Å². The molecule has 0 spiro atoms. The molecule has 130 valence electrons. The fourth-order valence-corrected chi connectivity index (χ4v) is 3.68. The molecule has 0 aliphatic rings. The van der Waals surface area contributed by atoms with Gasteiger partial charge in [-0.2, -0.15) is 0 Å². The molecule has 0 unspecified atom stereocenters. The van der Waals surface area contributed by atoms with E-state index in [1.807, 2.05) is 37.3 Å². The lowest BCUT2D eigenvalue weighted by Crippen LogP contribution is -2.26. The zero-order chi connectivity index (χ0) is 17.9. The van der Waals surface area contributed by atoms with E-state index in [9.17, 15) is 8.42 Å². The maximum atomic E-state index is 12.3. The Hall–Kier alpha value is -1.96. The summed E-state index contributed by atoms with van der Waals surface area (Å²) in [6.45, 7) is 2.10. The normalized spacial score (nSPS) is 11.6. The van der Waals surface area contributed by atoms with Gasteiger partial charge in [0.15, 0.2) is 0 Å². The van der Waals surface area contributed by atoms with Crippen molar-refractivity contribution in [3.05, 3.63) is 70.5 Å². The Bertz CT molecular complexity index is 969. The monoisotopic (exact) mass is 420 g/mol. The number of nitrogens with zero attached hydrogens (tertiary/aromatic N) is 1. The molecule has 5 nitrogen and oxygen atoms in total. The van der Waals surface area contributed by atoms with Gasteiger partial charge in [0, 0.05) is 23.0 Å². The first-order valence-corrected chi connectivity index (χ1v) is 9.99. The number of halogens is 1. The smallest absolute Gasteiger partial charge is 0.240 e. The van der Waals surface area contributed by atoms with Crippen molar-refractivity contribution in [1.82, 2.24) is 9.71 Å². The Balaban J connectivity index is 1.63. The Morgan fingerprint density at radius 3 is 2.64 bits per heavy atom. The number of aryl methyl sites for hydroxylation is 1. The van der Waals surface area contributed by atoms with Crippen LogP contribution in [0.15, 0.2) is 68.6 Å². The molecular formula is C18H17BrN2O3S. The van der Waals surface area contributed by atoms with E-state index in [-0.39, 0.29) is 11.4 Å². The van der Waals surface area contributed by atoms with E-state index < -0.39 is 10.0 Å². The van der Waals surface area contributed by atoms with E-state index in [2.05, 4.69) is 25.6 Å². The van der Waals surface area contributed by atoms with Crippen molar-refractivity contribution >= 4 is 26.0 Å². The average molecular weight is 421 g/mol. The van der Waals surface area contributed by atoms with Crippen LogP contribution in [0.5, 0.6) is 0 Å². The Morgan fingerprint density at radius 2 is 1.92 bits per heavy atom. The van der Waals surface area contributed by atoms with Crippen LogP contribution in [0, 0.1) is 6.92 Å². The molecule has 0 amide bonds. The predicted octanol–water partition coefficient (Wildman–Crippen LogP) is 3.93. The molecule has 3 rings (SSSR count). The summed E-state index contributed by atoms with van der Waals surface area (Å²) in [6, 6.07) is 14.5. The molecule has 25 heavy (non-hydrogen) atoms. The highest BCUT2D eigenvalue weighted by Gasteiger charge is 2.15. The minimum absolute atomic E-state index is 0.248. The van der Waals surface area contributed by atoms with Crippen LogP contribution in [0.4, 0.5) is 0 Å². The molecule has 0 fully saturated rings. The topological polar surface area (TPSA) is 72.2 Å². The fourth-order valence-electron chi connectivity index (χ4n) is 2.32. The number of nitrogens with one attached hydrogen (secondary N) is 1. The van der Waals surface area contributed by atoms with Crippen molar-refractivity contribution in [3.63, 3.8) is 0 Å². The molecule has 0 bridgehead atoms. The Kier molecular flexibility index (Phi) is 5.36. The van der Waals surface area contributed by atoms with Gasteiger partial charge >= 0.3 is 0 Å². The van der Waals surface area contributed by atoms with Crippen molar-refractivity contribution in [3.8, 4) is 11.5 Å². The number of sulfonamides is 1. The van der Waals surface area contributed by atoms with Gasteiger partial charge in [0.2, 0.25) is 15.9 Å². The molecule has 0 radical (unpaired) electrons. The van der Waals surface area contributed by atoms with Gasteiger partial charge in [0.1, 0.15) is 6.26 Å². The van der Waals surface area contributed by atoms with Gasteiger partial charge in [0.25, 0.3) is 0 Å². The van der Waals surface area contributed by atoms with E-state index >= 15 is 0 Å². The lowest BCUT2D eigenvalue weighted by atomic mass is 10.2. The minimum atomic E-state index is -3.54. The maximum absolute atomic E-state index is 12.3. The second-order valence-corrected chi connectivity index (χ2v) is 8.19. The van der Waals surface area contributed by atoms with E-state index in [4.69, 9.17) is 4.42 Å². The molecule has 1 N–H and O–H groups in total. The van der Waals surface area contributed by atoms with Crippen LogP contribution in [-0.4, -0.2) is 19.9 Å². The first-order valence-electron chi connectivity index (χ1n) is 7.71. The summed E-state index contributed by atoms with van der Waals surface area (Å²) < 4.78 is 33.6. The number of hydrogen-bond donors (Lipinski definition) is 1. The lowest BCUT2D eigenvalue weighted by molar-refractivity contribution is 0.570. The van der Waals surface area contributed by atoms with Crippen LogP contribution in [0.2, 0.25) is 0 Å². The molecule has 1 heterocycles. The lowest BCUT2D eigenvalue weighted by Gasteiger charge is -2.07. The van der Waals surface area contributed by atoms with Crippen LogP contribution in [0.25, 0.3) is 11.5 Å². The zero-order valence-corrected chi connectivity index (χ0v) is 16.0. The van der Waals surface area contributed by atoms with E-state index in [1.165, 1.54) is 0 Å². The summed E-state index contributed by atoms with van der Waals surface area (Å²) >= 11 is 3.37. The molecule has 3 aromatic rings. The van der Waals surface area contributed by atoms with E-state index in [1.54, 1.807) is 24.5 Å². The number of oxazole rings is 1. The van der Waals surface area contributed by atoms with Crippen molar-refractivity contribution < 1.29 is 12.8 Å². The van der Waals surface area contributed by atoms with Crippen molar-refractivity contribution in [1.29, 1.82) is 0 Å². The summed E-state index contributed by atoms with van der Waals surface area (Å²) in [4.78, 5) is 4.64. The summed E-state index contributed by atoms with van der Waals surface area (Å²) in [7, 11) is -3.54. The van der Waals surface area contributed by atoms with Crippen molar-refractivity contribution in [2.45, 2.75) is 18.2 Å². The van der Waals surface area contributed by atoms with Gasteiger partial charge in [-0.1, -0.05) is 34.1 Å². The molecule has 0 saturated carbocycles. The van der Waals surface area contributed by atoms with Gasteiger partial charge in [0.05, 0.1) is 10.6 Å². The summed E-state index contributed by atoms with van der Waals surface area (Å²) in [5.41, 5.74) is 2.46. The predicted molar refractivity (Wildman–Crippen MR) is 99.7 cm³/mol. The molecule has 1 aromatic heterocycles. The molecule has 0 saturated heterocycles. The van der Waals surface area contributed by atoms with E-state index in [0.29, 0.717) is 18.0 Å². The van der Waals surface area contributed by atoms with Crippen LogP contribution in [-0.2, 0) is 16.4 Å². The fraction of sp³-hybridized carbons (Fsp3) is 0.167. The molecule has 2 aromatic carbocycles. The van der Waals surface area contributed by atoms with Crippen LogP contribution >= 0.6 is 15.9 Å². The third kappa shape index (κ3) is 4.36. The quantitative estimate of drug-likeness (QED) is 0.655. The number of benzene rings is 2. The SMILES string of the molecule is Cc1cc(S(=O)(=O)NCCc2coc(-c3ccccc3)n2)ccc1Br. The van der Waals surface area contributed by atoms with Gasteiger partial charge in [-0.15, -0.1) is 0 Å². The summed E-state index contributed by atoms with van der Waals surface area (Å²) in [5, 5.41) is 0. The maximum Gasteiger partial charge on any atom is 0.240 e. The van der Waals surface area contributed by atoms with Gasteiger partial charge < -0.3 is 4.42 Å². The number of hydrogen-bond acceptors (Lipinski definition) is 4. The van der Waals surface area contributed by atoms with Gasteiger partial charge in [-0.3, -0.25) is 0 Å². The Labute approximate surface area is 155 Å². The second-order valence-electron chi connectivity index (χ2n) is 5.57. The first kappa shape index (κ1) is 17.8. The second kappa shape index (κ2) is 7.51. The highest BCUT2D eigenvalue weighted by atomic mass is 79.9. The number of rotatable bonds is 6. The average Bonchev–Trinajstić information content (AvgIpc) is 3.07. The third-order valence-corrected chi connectivity index (χ3v) is 6.03. The first-order chi connectivity index (χ1) is 12.0. The summed E-state index contributed by atoms with van der Waals surface area (Å²) in [5.74, 6) is 0.530. The zero-order valence-electron chi connectivity index (χ0n) is 13.6. The molecule has 0 aliphatic carbocycles. The summed E-state index contributed by atoms with van der Waals surface area (Å²) in [6.07, 6.45) is 2.01. The molecule has 0 aliphatic heterocycles. The molecule has 0 atom stereocenters. The van der Waals surface area contributed by atoms with Gasteiger partial charge in [-0.25, -0.2) is 18.1 Å². The van der Waals surface area contributed by atoms with Crippen LogP contribution in [0.1, 0.15) is 11.3 Å². The third-order valence-electron chi connectivity index (χ3n) is 3.69. The minimum Gasteiger partial charge on any atom is -0.444 e. The molecule has 7 heteroatoms. The van der Waals surface area contributed by atoms with Crippen LogP contribution in [0.3, 0.4) is 0 Å². The largest absolute Gasteiger partial charge is 0.444 e. The van der Waals surface area contributed by atoms with Gasteiger partial charge in [-0.05, 0) is 42.8 Å².